The predicted molar refractivity (Wildman–Crippen MR) is 104 cm³/mol. The number of amides is 2. The summed E-state index contributed by atoms with van der Waals surface area (Å²) in [7, 11) is 0. The second-order valence-corrected chi connectivity index (χ2v) is 7.96. The number of benzene rings is 2. The summed E-state index contributed by atoms with van der Waals surface area (Å²) < 4.78 is 0. The molecule has 1 atom stereocenters. The van der Waals surface area contributed by atoms with Crippen LogP contribution in [-0.4, -0.2) is 22.8 Å². The van der Waals surface area contributed by atoms with Gasteiger partial charge in [-0.05, 0) is 29.5 Å². The average Bonchev–Trinajstić information content (AvgIpc) is 2.88. The molecule has 1 fully saturated rings. The molecule has 0 spiro atoms. The number of rotatable bonds is 3. The van der Waals surface area contributed by atoms with Crippen LogP contribution in [0, 0.1) is 5.41 Å². The molecule has 3 nitrogen and oxygen atoms in total. The number of hydrogen-bond donors (Lipinski definition) is 0. The molecule has 1 heterocycles. The third-order valence-corrected chi connectivity index (χ3v) is 4.76. The van der Waals surface area contributed by atoms with Gasteiger partial charge < -0.3 is 0 Å². The van der Waals surface area contributed by atoms with Crippen molar-refractivity contribution >= 4 is 11.8 Å². The van der Waals surface area contributed by atoms with Crippen LogP contribution in [0.1, 0.15) is 32.8 Å². The van der Waals surface area contributed by atoms with E-state index < -0.39 is 5.41 Å². The maximum atomic E-state index is 12.7. The monoisotopic (exact) mass is 347 g/mol. The van der Waals surface area contributed by atoms with Gasteiger partial charge in [-0.3, -0.25) is 14.5 Å². The first kappa shape index (κ1) is 18.1. The average molecular weight is 347 g/mol. The van der Waals surface area contributed by atoms with Crippen LogP contribution in [0.5, 0.6) is 0 Å². The van der Waals surface area contributed by atoms with Crippen molar-refractivity contribution in [1.29, 1.82) is 0 Å². The van der Waals surface area contributed by atoms with E-state index in [-0.39, 0.29) is 17.9 Å². The van der Waals surface area contributed by atoms with Crippen molar-refractivity contribution < 1.29 is 9.59 Å². The molecular formula is C23H25NO2. The number of carbonyl (C=O) groups is 2. The second kappa shape index (κ2) is 6.91. The summed E-state index contributed by atoms with van der Waals surface area (Å²) >= 11 is 0. The smallest absolute Gasteiger partial charge is 0.256 e. The van der Waals surface area contributed by atoms with Crippen molar-refractivity contribution in [2.24, 2.45) is 5.41 Å². The molecule has 0 aliphatic carbocycles. The Bertz CT molecular complexity index is 829. The van der Waals surface area contributed by atoms with Crippen LogP contribution in [0.15, 0.2) is 66.7 Å². The van der Waals surface area contributed by atoms with Gasteiger partial charge >= 0.3 is 0 Å². The minimum Gasteiger partial charge on any atom is -0.275 e. The maximum Gasteiger partial charge on any atom is 0.256 e. The minimum atomic E-state index is -0.588. The Hall–Kier alpha value is -2.68. The van der Waals surface area contributed by atoms with Gasteiger partial charge in [-0.1, -0.05) is 81.9 Å². The van der Waals surface area contributed by atoms with E-state index in [9.17, 15) is 9.59 Å². The number of nitrogens with zero attached hydrogens (tertiary/aromatic N) is 1. The third kappa shape index (κ3) is 3.62. The molecule has 0 N–H and O–H groups in total. The first-order valence-corrected chi connectivity index (χ1v) is 8.97. The molecule has 0 unspecified atom stereocenters. The zero-order valence-corrected chi connectivity index (χ0v) is 15.7. The van der Waals surface area contributed by atoms with Crippen LogP contribution in [-0.2, 0) is 16.0 Å². The number of hydrogen-bond acceptors (Lipinski definition) is 2. The molecule has 1 saturated heterocycles. The Morgan fingerprint density at radius 3 is 2.19 bits per heavy atom. The molecule has 0 aromatic heterocycles. The van der Waals surface area contributed by atoms with Crippen LogP contribution in [0.3, 0.4) is 0 Å². The van der Waals surface area contributed by atoms with Crippen molar-refractivity contribution in [3.05, 3.63) is 72.3 Å². The molecule has 26 heavy (non-hydrogen) atoms. The lowest BCUT2D eigenvalue weighted by molar-refractivity contribution is -0.148. The zero-order chi connectivity index (χ0) is 18.9. The molecule has 2 amide bonds. The van der Waals surface area contributed by atoms with Crippen LogP contribution in [0.25, 0.3) is 11.1 Å². The highest BCUT2D eigenvalue weighted by atomic mass is 16.2. The summed E-state index contributed by atoms with van der Waals surface area (Å²) in [5, 5.41) is 0. The second-order valence-electron chi connectivity index (χ2n) is 7.96. The van der Waals surface area contributed by atoms with Crippen LogP contribution < -0.4 is 0 Å². The van der Waals surface area contributed by atoms with Crippen molar-refractivity contribution in [3.63, 3.8) is 0 Å². The molecule has 2 aromatic rings. The fourth-order valence-corrected chi connectivity index (χ4v) is 3.32. The van der Waals surface area contributed by atoms with E-state index in [1.807, 2.05) is 39.0 Å². The Kier molecular flexibility index (Phi) is 4.82. The van der Waals surface area contributed by atoms with Crippen LogP contribution in [0.4, 0.5) is 0 Å². The molecule has 0 bridgehead atoms. The van der Waals surface area contributed by atoms with Crippen LogP contribution >= 0.6 is 0 Å². The molecule has 1 aliphatic heterocycles. The van der Waals surface area contributed by atoms with E-state index >= 15 is 0 Å². The molecular weight excluding hydrogens is 322 g/mol. The number of likely N-dealkylation sites (tertiary alicyclic amines) is 1. The maximum absolute atomic E-state index is 12.7. The fraction of sp³-hybridized carbons (Fsp3) is 0.304. The van der Waals surface area contributed by atoms with E-state index in [4.69, 9.17) is 0 Å². The van der Waals surface area contributed by atoms with Gasteiger partial charge in [-0.25, -0.2) is 0 Å². The highest BCUT2D eigenvalue weighted by molar-refractivity contribution is 6.07. The van der Waals surface area contributed by atoms with Gasteiger partial charge in [-0.2, -0.15) is 0 Å². The highest BCUT2D eigenvalue weighted by Gasteiger charge is 2.42. The van der Waals surface area contributed by atoms with Gasteiger partial charge in [0.05, 0.1) is 0 Å². The van der Waals surface area contributed by atoms with Crippen LogP contribution in [0.2, 0.25) is 0 Å². The molecule has 3 heteroatoms. The van der Waals surface area contributed by atoms with Gasteiger partial charge in [0.2, 0.25) is 5.91 Å². The lowest BCUT2D eigenvalue weighted by atomic mass is 9.93. The van der Waals surface area contributed by atoms with Gasteiger partial charge in [0.15, 0.2) is 0 Å². The predicted octanol–water partition coefficient (Wildman–Crippen LogP) is 4.63. The molecule has 134 valence electrons. The van der Waals surface area contributed by atoms with Gasteiger partial charge in [0, 0.05) is 17.0 Å². The molecule has 0 radical (unpaired) electrons. The first-order chi connectivity index (χ1) is 12.3. The zero-order valence-electron chi connectivity index (χ0n) is 15.7. The summed E-state index contributed by atoms with van der Waals surface area (Å²) in [5.74, 6) is -0.358. The van der Waals surface area contributed by atoms with Crippen molar-refractivity contribution in [2.75, 3.05) is 0 Å². The summed E-state index contributed by atoms with van der Waals surface area (Å²) in [6.45, 7) is 9.38. The summed E-state index contributed by atoms with van der Waals surface area (Å²) in [6.07, 6.45) is 1.20. The number of carbonyl (C=O) groups excluding carboxylic acids is 2. The van der Waals surface area contributed by atoms with Gasteiger partial charge in [-0.15, -0.1) is 0 Å². The normalized spacial score (nSPS) is 17.7. The Morgan fingerprint density at radius 2 is 1.62 bits per heavy atom. The lowest BCUT2D eigenvalue weighted by Crippen LogP contribution is -2.45. The molecule has 3 rings (SSSR count). The van der Waals surface area contributed by atoms with Crippen molar-refractivity contribution in [1.82, 2.24) is 4.90 Å². The topological polar surface area (TPSA) is 37.4 Å². The number of imide groups is 1. The Morgan fingerprint density at radius 1 is 1.04 bits per heavy atom. The third-order valence-electron chi connectivity index (χ3n) is 4.76. The Balaban J connectivity index is 1.80. The van der Waals surface area contributed by atoms with E-state index in [0.29, 0.717) is 18.4 Å². The van der Waals surface area contributed by atoms with E-state index in [0.717, 1.165) is 11.1 Å². The molecule has 0 saturated carbocycles. The quantitative estimate of drug-likeness (QED) is 0.760. The largest absolute Gasteiger partial charge is 0.275 e. The summed E-state index contributed by atoms with van der Waals surface area (Å²) in [5.41, 5.74) is 3.38. The standard InChI is InChI=1S/C23H25NO2/c1-16-14-20(24(21(16)25)22(26)23(2,3)4)15-17-10-12-19(13-11-17)18-8-6-5-7-9-18/h5-13,20H,1,14-15H2,2-4H3/t20-/m0/s1. The van der Waals surface area contributed by atoms with E-state index in [2.05, 4.69) is 43.0 Å². The summed E-state index contributed by atoms with van der Waals surface area (Å²) in [6, 6.07) is 18.4. The van der Waals surface area contributed by atoms with Crippen molar-refractivity contribution in [3.8, 4) is 11.1 Å². The van der Waals surface area contributed by atoms with Crippen molar-refractivity contribution in [2.45, 2.75) is 39.7 Å². The Labute approximate surface area is 155 Å². The van der Waals surface area contributed by atoms with Gasteiger partial charge in [0.25, 0.3) is 5.91 Å². The fourth-order valence-electron chi connectivity index (χ4n) is 3.32. The lowest BCUT2D eigenvalue weighted by Gasteiger charge is -2.29. The highest BCUT2D eigenvalue weighted by Crippen LogP contribution is 2.31. The molecule has 1 aliphatic rings. The SMILES string of the molecule is C=C1C[C@@H](Cc2ccc(-c3ccccc3)cc2)N(C(=O)C(C)(C)C)C1=O. The van der Waals surface area contributed by atoms with E-state index in [1.165, 1.54) is 10.5 Å². The minimum absolute atomic E-state index is 0.132. The molecule has 2 aromatic carbocycles. The van der Waals surface area contributed by atoms with E-state index in [1.54, 1.807) is 0 Å². The van der Waals surface area contributed by atoms with Gasteiger partial charge in [0.1, 0.15) is 0 Å². The first-order valence-electron chi connectivity index (χ1n) is 8.97. The summed E-state index contributed by atoms with van der Waals surface area (Å²) in [4.78, 5) is 26.6.